The Morgan fingerprint density at radius 2 is 1.59 bits per heavy atom. The van der Waals surface area contributed by atoms with Gasteiger partial charge in [-0.25, -0.2) is 0 Å². The number of carbonyl (C=O) groups is 1. The van der Waals surface area contributed by atoms with E-state index in [9.17, 15) is 9.90 Å². The fourth-order valence-electron chi connectivity index (χ4n) is 6.35. The van der Waals surface area contributed by atoms with Crippen molar-refractivity contribution in [3.8, 4) is 5.75 Å². The first-order chi connectivity index (χ1) is 17.9. The summed E-state index contributed by atoms with van der Waals surface area (Å²) in [5, 5.41) is 13.7. The maximum Gasteiger partial charge on any atom is 0.313 e. The highest BCUT2D eigenvalue weighted by Crippen LogP contribution is 2.42. The molecule has 0 amide bonds. The maximum atomic E-state index is 11.9. The monoisotopic (exact) mass is 498 g/mol. The summed E-state index contributed by atoms with van der Waals surface area (Å²) in [4.78, 5) is 14.6. The Labute approximate surface area is 220 Å². The molecule has 0 aliphatic carbocycles. The lowest BCUT2D eigenvalue weighted by molar-refractivity contribution is -0.142. The first-order valence-electron chi connectivity index (χ1n) is 13.4. The van der Waals surface area contributed by atoms with Crippen LogP contribution in [0.1, 0.15) is 54.9 Å². The molecule has 0 radical (unpaired) electrons. The highest BCUT2D eigenvalue weighted by atomic mass is 16.5. The molecule has 2 bridgehead atoms. The van der Waals surface area contributed by atoms with Gasteiger partial charge in [0.05, 0.1) is 12.5 Å². The standard InChI is InChI=1S/C32H38N2O3/c1-32(2,31(35)36)26-14-15-27(37-3)25(20-26)21-33-29-24-16-18-34(19-17-24)30(29)28(22-10-6-4-7-11-22)23-12-8-5-9-13-23/h4-15,20,24,28-30,33H,16-19,21H2,1-3H3,(H,35,36)/t29-,30-/m0/s1. The van der Waals surface area contributed by atoms with Crippen molar-refractivity contribution in [1.82, 2.24) is 10.2 Å². The number of ether oxygens (including phenoxy) is 1. The number of nitrogens with one attached hydrogen (secondary N) is 1. The molecule has 3 aliphatic rings. The number of hydrogen-bond donors (Lipinski definition) is 2. The zero-order chi connectivity index (χ0) is 26.0. The number of piperidine rings is 3. The third-order valence-electron chi connectivity index (χ3n) is 8.60. The molecule has 3 aliphatic heterocycles. The van der Waals surface area contributed by atoms with Crippen LogP contribution in [0.25, 0.3) is 0 Å². The number of hydrogen-bond acceptors (Lipinski definition) is 4. The molecule has 2 N–H and O–H groups in total. The topological polar surface area (TPSA) is 61.8 Å². The summed E-state index contributed by atoms with van der Waals surface area (Å²) < 4.78 is 5.69. The molecule has 0 saturated carbocycles. The molecule has 2 atom stereocenters. The average Bonchev–Trinajstić information content (AvgIpc) is 2.94. The van der Waals surface area contributed by atoms with Gasteiger partial charge in [0.1, 0.15) is 5.75 Å². The highest BCUT2D eigenvalue weighted by molar-refractivity contribution is 5.80. The fraction of sp³-hybridized carbons (Fsp3) is 0.406. The van der Waals surface area contributed by atoms with Crippen LogP contribution in [0.3, 0.4) is 0 Å². The van der Waals surface area contributed by atoms with Crippen LogP contribution in [-0.4, -0.2) is 48.3 Å². The van der Waals surface area contributed by atoms with Gasteiger partial charge in [0.25, 0.3) is 0 Å². The molecular formula is C32H38N2O3. The molecule has 0 aromatic heterocycles. The summed E-state index contributed by atoms with van der Waals surface area (Å²) in [5.74, 6) is 0.831. The molecule has 6 rings (SSSR count). The van der Waals surface area contributed by atoms with E-state index in [1.807, 2.05) is 18.2 Å². The zero-order valence-electron chi connectivity index (χ0n) is 22.1. The predicted molar refractivity (Wildman–Crippen MR) is 147 cm³/mol. The summed E-state index contributed by atoms with van der Waals surface area (Å²) in [6.45, 7) is 6.41. The van der Waals surface area contributed by atoms with Crippen LogP contribution in [0, 0.1) is 5.92 Å². The molecule has 5 heteroatoms. The van der Waals surface area contributed by atoms with Crippen LogP contribution < -0.4 is 10.1 Å². The first kappa shape index (κ1) is 25.5. The van der Waals surface area contributed by atoms with Crippen LogP contribution in [0.15, 0.2) is 78.9 Å². The number of rotatable bonds is 9. The molecule has 3 heterocycles. The quantitative estimate of drug-likeness (QED) is 0.411. The van der Waals surface area contributed by atoms with Crippen molar-refractivity contribution < 1.29 is 14.6 Å². The number of fused-ring (bicyclic) bond motifs is 3. The van der Waals surface area contributed by atoms with Crippen LogP contribution in [0.5, 0.6) is 5.75 Å². The third-order valence-corrected chi connectivity index (χ3v) is 8.60. The maximum absolute atomic E-state index is 11.9. The molecule has 194 valence electrons. The minimum Gasteiger partial charge on any atom is -0.496 e. The van der Waals surface area contributed by atoms with Crippen LogP contribution in [0.2, 0.25) is 0 Å². The molecule has 5 nitrogen and oxygen atoms in total. The van der Waals surface area contributed by atoms with Gasteiger partial charge in [0, 0.05) is 30.1 Å². The third kappa shape index (κ3) is 5.03. The van der Waals surface area contributed by atoms with Gasteiger partial charge in [-0.1, -0.05) is 66.7 Å². The summed E-state index contributed by atoms with van der Waals surface area (Å²) in [7, 11) is 1.68. The summed E-state index contributed by atoms with van der Waals surface area (Å²) in [6.07, 6.45) is 2.40. The minimum absolute atomic E-state index is 0.266. The SMILES string of the molecule is COc1ccc(C(C)(C)C(=O)O)cc1CN[C@H]1C2CCN(CC2)[C@H]1C(c1ccccc1)c1ccccc1. The molecule has 3 fully saturated rings. The van der Waals surface area contributed by atoms with Gasteiger partial charge in [-0.05, 0) is 74.5 Å². The Hall–Kier alpha value is -3.15. The lowest BCUT2D eigenvalue weighted by Gasteiger charge is -2.54. The second-order valence-electron chi connectivity index (χ2n) is 11.0. The van der Waals surface area contributed by atoms with Gasteiger partial charge in [0.2, 0.25) is 0 Å². The molecule has 3 aromatic rings. The van der Waals surface area contributed by atoms with Crippen molar-refractivity contribution in [1.29, 1.82) is 0 Å². The van der Waals surface area contributed by atoms with Crippen molar-refractivity contribution in [3.05, 3.63) is 101 Å². The summed E-state index contributed by atoms with van der Waals surface area (Å²) >= 11 is 0. The van der Waals surface area contributed by atoms with E-state index in [0.717, 1.165) is 30.0 Å². The number of aliphatic carboxylic acids is 1. The van der Waals surface area contributed by atoms with Crippen LogP contribution in [-0.2, 0) is 16.8 Å². The van der Waals surface area contributed by atoms with E-state index in [1.54, 1.807) is 21.0 Å². The zero-order valence-corrected chi connectivity index (χ0v) is 22.1. The number of carboxylic acids is 1. The van der Waals surface area contributed by atoms with Crippen molar-refractivity contribution in [2.24, 2.45) is 5.92 Å². The first-order valence-corrected chi connectivity index (χ1v) is 13.4. The Kier molecular flexibility index (Phi) is 7.36. The van der Waals surface area contributed by atoms with Crippen molar-refractivity contribution in [2.45, 2.75) is 56.7 Å². The van der Waals surface area contributed by atoms with E-state index < -0.39 is 11.4 Å². The molecule has 0 spiro atoms. The van der Waals surface area contributed by atoms with E-state index in [0.29, 0.717) is 24.5 Å². The van der Waals surface area contributed by atoms with Gasteiger partial charge in [0.15, 0.2) is 0 Å². The Balaban J connectivity index is 1.48. The fourth-order valence-corrected chi connectivity index (χ4v) is 6.35. The van der Waals surface area contributed by atoms with E-state index in [-0.39, 0.29) is 5.92 Å². The molecule has 37 heavy (non-hydrogen) atoms. The van der Waals surface area contributed by atoms with Crippen molar-refractivity contribution in [3.63, 3.8) is 0 Å². The van der Waals surface area contributed by atoms with Gasteiger partial charge in [-0.15, -0.1) is 0 Å². The molecule has 3 saturated heterocycles. The minimum atomic E-state index is -0.967. The Morgan fingerprint density at radius 1 is 1.00 bits per heavy atom. The van der Waals surface area contributed by atoms with Crippen LogP contribution >= 0.6 is 0 Å². The Bertz CT molecular complexity index is 1160. The summed E-state index contributed by atoms with van der Waals surface area (Å²) in [6, 6.07) is 28.2. The van der Waals surface area contributed by atoms with E-state index in [2.05, 4.69) is 70.9 Å². The van der Waals surface area contributed by atoms with Gasteiger partial charge >= 0.3 is 5.97 Å². The lowest BCUT2D eigenvalue weighted by atomic mass is 9.70. The highest BCUT2D eigenvalue weighted by Gasteiger charge is 2.46. The van der Waals surface area contributed by atoms with E-state index in [1.165, 1.54) is 24.0 Å². The van der Waals surface area contributed by atoms with Gasteiger partial charge in [-0.3, -0.25) is 9.69 Å². The second-order valence-corrected chi connectivity index (χ2v) is 11.0. The summed E-state index contributed by atoms with van der Waals surface area (Å²) in [5.41, 5.74) is 3.52. The number of methoxy groups -OCH3 is 1. The number of nitrogens with zero attached hydrogens (tertiary/aromatic N) is 1. The molecule has 3 aromatic carbocycles. The number of benzene rings is 3. The Morgan fingerprint density at radius 3 is 2.14 bits per heavy atom. The van der Waals surface area contributed by atoms with Crippen LogP contribution in [0.4, 0.5) is 0 Å². The van der Waals surface area contributed by atoms with Crippen molar-refractivity contribution in [2.75, 3.05) is 20.2 Å². The normalized spacial score (nSPS) is 23.2. The van der Waals surface area contributed by atoms with Gasteiger partial charge < -0.3 is 15.2 Å². The van der Waals surface area contributed by atoms with Gasteiger partial charge in [-0.2, -0.15) is 0 Å². The molecular weight excluding hydrogens is 460 g/mol. The second kappa shape index (κ2) is 10.7. The number of carboxylic acid groups (broad SMARTS) is 1. The van der Waals surface area contributed by atoms with Crippen molar-refractivity contribution >= 4 is 5.97 Å². The largest absolute Gasteiger partial charge is 0.496 e. The predicted octanol–water partition coefficient (Wildman–Crippen LogP) is 5.44. The van der Waals surface area contributed by atoms with E-state index in [4.69, 9.17) is 4.74 Å². The molecule has 0 unspecified atom stereocenters. The smallest absolute Gasteiger partial charge is 0.313 e. The average molecular weight is 499 g/mol. The lowest BCUT2D eigenvalue weighted by Crippen LogP contribution is -2.64. The van der Waals surface area contributed by atoms with E-state index >= 15 is 0 Å².